The van der Waals surface area contributed by atoms with E-state index in [1.165, 1.54) is 31.4 Å². The van der Waals surface area contributed by atoms with Crippen LogP contribution in [-0.2, 0) is 20.2 Å². The number of nitrogens with one attached hydrogen (secondary N) is 1. The predicted molar refractivity (Wildman–Crippen MR) is 171 cm³/mol. The summed E-state index contributed by atoms with van der Waals surface area (Å²) in [6.45, 7) is 5.27. The Bertz CT molecular complexity index is 2160. The van der Waals surface area contributed by atoms with Gasteiger partial charge in [-0.05, 0) is 68.7 Å². The molecular weight excluding hydrogens is 672 g/mol. The second-order valence-corrected chi connectivity index (χ2v) is 13.8. The van der Waals surface area contributed by atoms with Crippen molar-refractivity contribution in [3.63, 3.8) is 0 Å². The first-order valence-electron chi connectivity index (χ1n) is 14.0. The number of aromatic carboxylic acids is 1. The number of aromatic nitrogens is 3. The van der Waals surface area contributed by atoms with Crippen LogP contribution in [0.2, 0.25) is 0 Å². The smallest absolute Gasteiger partial charge is 0.335 e. The van der Waals surface area contributed by atoms with Crippen LogP contribution in [0.3, 0.4) is 0 Å². The van der Waals surface area contributed by atoms with Crippen molar-refractivity contribution in [2.24, 2.45) is 10.2 Å². The summed E-state index contributed by atoms with van der Waals surface area (Å²) in [5, 5.41) is 30.6. The molecule has 5 N–H and O–H groups in total. The summed E-state index contributed by atoms with van der Waals surface area (Å²) in [6, 6.07) is 7.68. The number of carbonyl (C=O) groups is 1. The van der Waals surface area contributed by atoms with E-state index in [4.69, 9.17) is 9.84 Å². The summed E-state index contributed by atoms with van der Waals surface area (Å²) in [5.41, 5.74) is -0.941. The lowest BCUT2D eigenvalue weighted by molar-refractivity contribution is 0.0696. The monoisotopic (exact) mass is 702 g/mol. The Kier molecular flexibility index (Phi) is 9.21. The van der Waals surface area contributed by atoms with Gasteiger partial charge in [0.2, 0.25) is 11.9 Å². The first-order chi connectivity index (χ1) is 22.5. The van der Waals surface area contributed by atoms with Gasteiger partial charge in [0.1, 0.15) is 10.6 Å². The minimum absolute atomic E-state index is 0.0222. The number of aromatic hydroxyl groups is 1. The number of rotatable bonds is 9. The topological polar surface area (TPSA) is 257 Å². The van der Waals surface area contributed by atoms with Gasteiger partial charge < -0.3 is 25.2 Å². The Labute approximate surface area is 274 Å². The summed E-state index contributed by atoms with van der Waals surface area (Å²) in [7, 11) is -6.68. The third-order valence-corrected chi connectivity index (χ3v) is 9.36. The number of hydrogen-bond donors (Lipinski definition) is 5. The number of fused-ring (bicyclic) bond motifs is 1. The summed E-state index contributed by atoms with van der Waals surface area (Å²) in [5.74, 6) is -1.99. The van der Waals surface area contributed by atoms with E-state index in [-0.39, 0.29) is 57.7 Å². The number of piperazine rings is 1. The molecule has 0 bridgehead atoms. The maximum Gasteiger partial charge on any atom is 0.335 e. The van der Waals surface area contributed by atoms with Crippen LogP contribution < -0.4 is 15.0 Å². The highest BCUT2D eigenvalue weighted by Crippen LogP contribution is 2.45. The summed E-state index contributed by atoms with van der Waals surface area (Å²) in [6.07, 6.45) is 0. The van der Waals surface area contributed by atoms with Gasteiger partial charge >= 0.3 is 12.0 Å². The van der Waals surface area contributed by atoms with Crippen LogP contribution in [0.15, 0.2) is 62.5 Å². The zero-order valence-corrected chi connectivity index (χ0v) is 27.4. The number of azo groups is 1. The Morgan fingerprint density at radius 1 is 0.958 bits per heavy atom. The lowest BCUT2D eigenvalue weighted by atomic mass is 10.1. The van der Waals surface area contributed by atoms with Crippen molar-refractivity contribution < 1.29 is 45.7 Å². The molecule has 1 aliphatic rings. The molecule has 1 saturated heterocycles. The molecule has 2 atom stereocenters. The molecule has 0 saturated carbocycles. The van der Waals surface area contributed by atoms with Crippen molar-refractivity contribution >= 4 is 65.9 Å². The molecule has 20 heteroatoms. The highest BCUT2D eigenvalue weighted by molar-refractivity contribution is 7.86. The minimum atomic E-state index is -5.11. The molecular formula is C28H30N8O10S2. The molecule has 2 unspecified atom stereocenters. The van der Waals surface area contributed by atoms with Gasteiger partial charge in [0.15, 0.2) is 5.75 Å². The van der Waals surface area contributed by atoms with Gasteiger partial charge in [-0.25, -0.2) is 4.79 Å². The normalized spacial score (nSPS) is 17.6. The molecule has 1 aliphatic heterocycles. The SMILES string of the molecule is COc1nc(Nc2cc(S(=O)(=O)O)cc3cc(S(=O)(=O)O)c(N=Nc4ccc(C(=O)O)cc4)c(O)c23)nc(N2CC(C)N(C)CC2C)n1. The third-order valence-electron chi connectivity index (χ3n) is 7.67. The van der Waals surface area contributed by atoms with Gasteiger partial charge in [0.25, 0.3) is 20.2 Å². The predicted octanol–water partition coefficient (Wildman–Crippen LogP) is 3.62. The summed E-state index contributed by atoms with van der Waals surface area (Å²) < 4.78 is 74.5. The number of hydrogen-bond acceptors (Lipinski definition) is 15. The molecule has 0 spiro atoms. The van der Waals surface area contributed by atoms with Crippen molar-refractivity contribution in [2.75, 3.05) is 37.5 Å². The maximum atomic E-state index is 12.4. The maximum absolute atomic E-state index is 12.4. The number of nitrogens with zero attached hydrogens (tertiary/aromatic N) is 7. The lowest BCUT2D eigenvalue weighted by Gasteiger charge is -2.42. The van der Waals surface area contributed by atoms with E-state index in [0.717, 1.165) is 18.2 Å². The fourth-order valence-corrected chi connectivity index (χ4v) is 6.30. The molecule has 4 aromatic rings. The number of phenols is 1. The zero-order valence-electron chi connectivity index (χ0n) is 25.8. The fraction of sp³-hybridized carbons (Fsp3) is 0.286. The van der Waals surface area contributed by atoms with Gasteiger partial charge in [-0.15, -0.1) is 5.11 Å². The standard InChI is InChI=1S/C28H30N8O10S2/c1-14-13-36(15(2)12-35(14)3)27-30-26(31-28(32-27)46-4)29-20-11-19(47(40,41)42)9-17-10-21(48(43,44)45)23(24(37)22(17)20)34-33-18-7-5-16(6-8-18)25(38)39/h5-11,14-15,37H,12-13H2,1-4H3,(H,38,39)(H,40,41,42)(H,43,44,45)(H,29,30,31,32). The number of anilines is 3. The van der Waals surface area contributed by atoms with Gasteiger partial charge in [-0.1, -0.05) is 0 Å². The van der Waals surface area contributed by atoms with Crippen LogP contribution in [-0.4, -0.2) is 101 Å². The van der Waals surface area contributed by atoms with Crippen LogP contribution in [0.4, 0.5) is 29.0 Å². The lowest BCUT2D eigenvalue weighted by Crippen LogP contribution is -2.55. The largest absolute Gasteiger partial charge is 0.505 e. The Morgan fingerprint density at radius 2 is 1.65 bits per heavy atom. The average molecular weight is 703 g/mol. The molecule has 0 amide bonds. The molecule has 254 valence electrons. The van der Waals surface area contributed by atoms with Crippen LogP contribution in [0.1, 0.15) is 24.2 Å². The molecule has 0 radical (unpaired) electrons. The van der Waals surface area contributed by atoms with E-state index < -0.39 is 47.4 Å². The van der Waals surface area contributed by atoms with Crippen LogP contribution in [0, 0.1) is 0 Å². The van der Waals surface area contributed by atoms with Crippen molar-refractivity contribution in [3.8, 4) is 11.8 Å². The van der Waals surface area contributed by atoms with Crippen LogP contribution >= 0.6 is 0 Å². The molecule has 18 nitrogen and oxygen atoms in total. The van der Waals surface area contributed by atoms with Crippen LogP contribution in [0.25, 0.3) is 10.8 Å². The minimum Gasteiger partial charge on any atom is -0.505 e. The van der Waals surface area contributed by atoms with Gasteiger partial charge in [-0.2, -0.15) is 36.9 Å². The van der Waals surface area contributed by atoms with E-state index in [0.29, 0.717) is 13.1 Å². The molecule has 48 heavy (non-hydrogen) atoms. The van der Waals surface area contributed by atoms with E-state index in [1.54, 1.807) is 0 Å². The van der Waals surface area contributed by atoms with E-state index in [2.05, 4.69) is 35.4 Å². The number of carboxylic acids is 1. The van der Waals surface area contributed by atoms with E-state index >= 15 is 0 Å². The van der Waals surface area contributed by atoms with Crippen molar-refractivity contribution in [2.45, 2.75) is 35.7 Å². The molecule has 1 fully saturated rings. The van der Waals surface area contributed by atoms with Gasteiger partial charge in [0, 0.05) is 30.6 Å². The number of phenolic OH excluding ortho intramolecular Hbond substituents is 1. The number of ether oxygens (including phenoxy) is 1. The highest BCUT2D eigenvalue weighted by atomic mass is 32.2. The van der Waals surface area contributed by atoms with Crippen molar-refractivity contribution in [1.82, 2.24) is 19.9 Å². The van der Waals surface area contributed by atoms with Gasteiger partial charge in [-0.3, -0.25) is 14.0 Å². The molecule has 3 aromatic carbocycles. The average Bonchev–Trinajstić information content (AvgIpc) is 3.01. The second-order valence-electron chi connectivity index (χ2n) is 11.0. The highest BCUT2D eigenvalue weighted by Gasteiger charge is 2.30. The molecule has 0 aliphatic carbocycles. The first kappa shape index (κ1) is 34.3. The molecule has 2 heterocycles. The Balaban J connectivity index is 1.70. The first-order valence-corrected chi connectivity index (χ1v) is 16.9. The Morgan fingerprint density at radius 3 is 2.25 bits per heavy atom. The number of methoxy groups -OCH3 is 1. The summed E-state index contributed by atoms with van der Waals surface area (Å²) >= 11 is 0. The van der Waals surface area contributed by atoms with Crippen molar-refractivity contribution in [1.29, 1.82) is 0 Å². The quantitative estimate of drug-likeness (QED) is 0.123. The van der Waals surface area contributed by atoms with E-state index in [9.17, 15) is 35.8 Å². The summed E-state index contributed by atoms with van der Waals surface area (Å²) in [4.78, 5) is 26.7. The fourth-order valence-electron chi connectivity index (χ4n) is 5.10. The molecule has 5 rings (SSSR count). The number of carboxylic acid groups (broad SMARTS) is 1. The number of likely N-dealkylation sites (N-methyl/N-ethyl adjacent to an activating group) is 1. The van der Waals surface area contributed by atoms with Crippen molar-refractivity contribution in [3.05, 3.63) is 48.0 Å². The Hall–Kier alpha value is -5.02. The molecule has 1 aromatic heterocycles. The zero-order chi connectivity index (χ0) is 35.1. The van der Waals surface area contributed by atoms with Crippen LogP contribution in [0.5, 0.6) is 11.8 Å². The van der Waals surface area contributed by atoms with Gasteiger partial charge in [0.05, 0.1) is 28.9 Å². The third kappa shape index (κ3) is 7.11. The second kappa shape index (κ2) is 12.9. The van der Waals surface area contributed by atoms with E-state index in [1.807, 2.05) is 25.8 Å². The number of benzene rings is 3.